The zero-order valence-electron chi connectivity index (χ0n) is 14.7. The molecule has 0 amide bonds. The summed E-state index contributed by atoms with van der Waals surface area (Å²) >= 11 is 0. The van der Waals surface area contributed by atoms with Gasteiger partial charge in [0.15, 0.2) is 11.9 Å². The van der Waals surface area contributed by atoms with Crippen LogP contribution < -0.4 is 4.74 Å². The van der Waals surface area contributed by atoms with Crippen molar-refractivity contribution in [2.24, 2.45) is 0 Å². The molecule has 0 spiro atoms. The first-order chi connectivity index (χ1) is 13.0. The van der Waals surface area contributed by atoms with Gasteiger partial charge in [0.1, 0.15) is 6.10 Å². The van der Waals surface area contributed by atoms with E-state index in [2.05, 4.69) is 4.74 Å². The fraction of sp³-hybridized carbons (Fsp3) is 0.500. The Bertz CT molecular complexity index is 767. The van der Waals surface area contributed by atoms with Gasteiger partial charge in [0.2, 0.25) is 6.29 Å². The number of nitro groups is 1. The lowest BCUT2D eigenvalue weighted by Crippen LogP contribution is -2.44. The van der Waals surface area contributed by atoms with E-state index in [9.17, 15) is 32.9 Å². The van der Waals surface area contributed by atoms with E-state index >= 15 is 0 Å². The molecule has 1 aromatic rings. The first kappa shape index (κ1) is 21.4. The van der Waals surface area contributed by atoms with Gasteiger partial charge in [0.05, 0.1) is 17.6 Å². The van der Waals surface area contributed by atoms with E-state index in [0.717, 1.165) is 20.1 Å². The first-order valence-electron chi connectivity index (χ1n) is 7.94. The van der Waals surface area contributed by atoms with Gasteiger partial charge >= 0.3 is 23.8 Å². The zero-order valence-corrected chi connectivity index (χ0v) is 14.7. The van der Waals surface area contributed by atoms with Crippen LogP contribution in [0.3, 0.4) is 0 Å². The fourth-order valence-electron chi connectivity index (χ4n) is 2.61. The van der Waals surface area contributed by atoms with Crippen molar-refractivity contribution in [1.82, 2.24) is 0 Å². The molecule has 0 aliphatic carbocycles. The second kappa shape index (κ2) is 8.42. The second-order valence-corrected chi connectivity index (χ2v) is 5.84. The third kappa shape index (κ3) is 5.31. The number of methoxy groups -OCH3 is 1. The SMILES string of the molecule is COC(=O)[C@@H]1CC(OC(C)=O)CC(Oc2ccc(C(F)(F)F)cc2[N+](=O)[O-])O1. The van der Waals surface area contributed by atoms with Gasteiger partial charge in [0.25, 0.3) is 0 Å². The van der Waals surface area contributed by atoms with Crippen molar-refractivity contribution in [2.45, 2.75) is 44.4 Å². The highest BCUT2D eigenvalue weighted by Crippen LogP contribution is 2.37. The van der Waals surface area contributed by atoms with Crippen molar-refractivity contribution < 1.29 is 46.6 Å². The van der Waals surface area contributed by atoms with Crippen LogP contribution >= 0.6 is 0 Å². The largest absolute Gasteiger partial charge is 0.467 e. The number of rotatable bonds is 5. The van der Waals surface area contributed by atoms with Crippen molar-refractivity contribution in [1.29, 1.82) is 0 Å². The Labute approximate surface area is 156 Å². The number of hydrogen-bond acceptors (Lipinski definition) is 8. The molecule has 28 heavy (non-hydrogen) atoms. The van der Waals surface area contributed by atoms with Gasteiger partial charge in [-0.25, -0.2) is 4.79 Å². The third-order valence-electron chi connectivity index (χ3n) is 3.79. The van der Waals surface area contributed by atoms with Gasteiger partial charge in [-0.1, -0.05) is 0 Å². The predicted octanol–water partition coefficient (Wildman–Crippen LogP) is 2.60. The maximum atomic E-state index is 12.8. The van der Waals surface area contributed by atoms with Gasteiger partial charge in [-0.05, 0) is 12.1 Å². The van der Waals surface area contributed by atoms with Crippen LogP contribution in [0.5, 0.6) is 5.75 Å². The van der Waals surface area contributed by atoms with Crippen molar-refractivity contribution >= 4 is 17.6 Å². The second-order valence-electron chi connectivity index (χ2n) is 5.84. The number of benzene rings is 1. The van der Waals surface area contributed by atoms with Gasteiger partial charge in [0, 0.05) is 25.8 Å². The number of hydrogen-bond donors (Lipinski definition) is 0. The van der Waals surface area contributed by atoms with Crippen molar-refractivity contribution in [3.63, 3.8) is 0 Å². The van der Waals surface area contributed by atoms with Crippen molar-refractivity contribution in [2.75, 3.05) is 7.11 Å². The molecule has 2 unspecified atom stereocenters. The number of esters is 2. The molecule has 1 aliphatic heterocycles. The van der Waals surface area contributed by atoms with E-state index in [1.165, 1.54) is 0 Å². The van der Waals surface area contributed by atoms with Gasteiger partial charge in [-0.3, -0.25) is 14.9 Å². The van der Waals surface area contributed by atoms with Gasteiger partial charge in [-0.15, -0.1) is 0 Å². The molecule has 12 heteroatoms. The molecule has 3 atom stereocenters. The number of halogens is 3. The van der Waals surface area contributed by atoms with Crippen LogP contribution in [0.2, 0.25) is 0 Å². The Morgan fingerprint density at radius 2 is 1.96 bits per heavy atom. The molecular formula is C16H16F3NO8. The minimum atomic E-state index is -4.78. The smallest absolute Gasteiger partial charge is 0.416 e. The van der Waals surface area contributed by atoms with Gasteiger partial charge < -0.3 is 18.9 Å². The maximum Gasteiger partial charge on any atom is 0.416 e. The molecule has 1 saturated heterocycles. The highest BCUT2D eigenvalue weighted by Gasteiger charge is 2.39. The summed E-state index contributed by atoms with van der Waals surface area (Å²) < 4.78 is 58.6. The van der Waals surface area contributed by atoms with E-state index in [-0.39, 0.29) is 12.8 Å². The summed E-state index contributed by atoms with van der Waals surface area (Å²) in [7, 11) is 1.11. The molecule has 0 saturated carbocycles. The lowest BCUT2D eigenvalue weighted by Gasteiger charge is -2.33. The molecule has 1 aliphatic rings. The number of alkyl halides is 3. The topological polar surface area (TPSA) is 114 Å². The van der Waals surface area contributed by atoms with E-state index in [0.29, 0.717) is 12.1 Å². The lowest BCUT2D eigenvalue weighted by molar-refractivity contribution is -0.386. The number of nitrogens with zero attached hydrogens (tertiary/aromatic N) is 1. The highest BCUT2D eigenvalue weighted by molar-refractivity contribution is 5.74. The van der Waals surface area contributed by atoms with Crippen molar-refractivity contribution in [3.8, 4) is 5.75 Å². The Kier molecular flexibility index (Phi) is 6.44. The summed E-state index contributed by atoms with van der Waals surface area (Å²) in [5.41, 5.74) is -2.15. The number of nitro benzene ring substituents is 1. The molecule has 1 fully saturated rings. The fourth-order valence-corrected chi connectivity index (χ4v) is 2.61. The molecule has 0 aromatic heterocycles. The maximum absolute atomic E-state index is 12.8. The summed E-state index contributed by atoms with van der Waals surface area (Å²) in [6.07, 6.45) is -8.18. The molecule has 154 valence electrons. The Hall–Kier alpha value is -2.89. The average molecular weight is 407 g/mol. The highest BCUT2D eigenvalue weighted by atomic mass is 19.4. The van der Waals surface area contributed by atoms with E-state index in [1.807, 2.05) is 0 Å². The summed E-state index contributed by atoms with van der Waals surface area (Å²) in [5, 5.41) is 11.1. The molecule has 2 rings (SSSR count). The minimum absolute atomic E-state index is 0.0266. The minimum Gasteiger partial charge on any atom is -0.467 e. The van der Waals surface area contributed by atoms with Crippen LogP contribution in [0.25, 0.3) is 0 Å². The number of carbonyl (C=O) groups is 2. The molecule has 0 bridgehead atoms. The Morgan fingerprint density at radius 3 is 2.50 bits per heavy atom. The van der Waals surface area contributed by atoms with Crippen LogP contribution in [0.15, 0.2) is 18.2 Å². The van der Waals surface area contributed by atoms with Crippen LogP contribution in [0, 0.1) is 10.1 Å². The van der Waals surface area contributed by atoms with Crippen LogP contribution in [0.4, 0.5) is 18.9 Å². The summed E-state index contributed by atoms with van der Waals surface area (Å²) in [6.45, 7) is 1.15. The number of ether oxygens (including phenoxy) is 4. The summed E-state index contributed by atoms with van der Waals surface area (Å²) in [5.74, 6) is -1.91. The standard InChI is InChI=1S/C16H16F3NO8/c1-8(21)26-10-6-13(15(22)25-2)28-14(7-10)27-12-4-3-9(16(17,18)19)5-11(12)20(23)24/h3-5,10,13-14H,6-7H2,1-2H3/t10?,13-,14?/m0/s1. The molecule has 1 heterocycles. The molecule has 1 aromatic carbocycles. The van der Waals surface area contributed by atoms with E-state index in [1.54, 1.807) is 0 Å². The van der Waals surface area contributed by atoms with Gasteiger partial charge in [-0.2, -0.15) is 13.2 Å². The predicted molar refractivity (Wildman–Crippen MR) is 84.2 cm³/mol. The molecule has 0 radical (unpaired) electrons. The van der Waals surface area contributed by atoms with Crippen LogP contribution in [-0.2, 0) is 30.0 Å². The average Bonchev–Trinajstić information content (AvgIpc) is 2.59. The summed E-state index contributed by atoms with van der Waals surface area (Å²) in [4.78, 5) is 33.0. The normalized spacial score (nSPS) is 22.2. The molecule has 0 N–H and O–H groups in total. The molecule has 9 nitrogen and oxygen atoms in total. The zero-order chi connectivity index (χ0) is 21.1. The van der Waals surface area contributed by atoms with E-state index < -0.39 is 58.5 Å². The van der Waals surface area contributed by atoms with Crippen molar-refractivity contribution in [3.05, 3.63) is 33.9 Å². The summed E-state index contributed by atoms with van der Waals surface area (Å²) in [6, 6.07) is 1.74. The Morgan fingerprint density at radius 1 is 1.29 bits per heavy atom. The number of carbonyl (C=O) groups excluding carboxylic acids is 2. The quantitative estimate of drug-likeness (QED) is 0.416. The van der Waals surface area contributed by atoms with Crippen LogP contribution in [0.1, 0.15) is 25.3 Å². The molecular weight excluding hydrogens is 391 g/mol. The monoisotopic (exact) mass is 407 g/mol. The Balaban J connectivity index is 2.27. The lowest BCUT2D eigenvalue weighted by atomic mass is 10.0. The van der Waals surface area contributed by atoms with Crippen LogP contribution in [-0.4, -0.2) is 42.5 Å². The third-order valence-corrected chi connectivity index (χ3v) is 3.79. The van der Waals surface area contributed by atoms with E-state index in [4.69, 9.17) is 14.2 Å². The first-order valence-corrected chi connectivity index (χ1v) is 7.94.